The molecule has 1 heterocycles. The van der Waals surface area contributed by atoms with Gasteiger partial charge in [0.1, 0.15) is 0 Å². The Morgan fingerprint density at radius 3 is 2.75 bits per heavy atom. The minimum atomic E-state index is 0.615. The van der Waals surface area contributed by atoms with Crippen molar-refractivity contribution in [3.05, 3.63) is 23.8 Å². The third-order valence-corrected chi connectivity index (χ3v) is 3.64. The van der Waals surface area contributed by atoms with Gasteiger partial charge in [-0.1, -0.05) is 24.4 Å². The number of hydrogen-bond donors (Lipinski definition) is 0. The van der Waals surface area contributed by atoms with E-state index in [9.17, 15) is 0 Å². The zero-order valence-corrected chi connectivity index (χ0v) is 10.8. The van der Waals surface area contributed by atoms with E-state index in [2.05, 4.69) is 43.8 Å². The van der Waals surface area contributed by atoms with Crippen LogP contribution in [0.15, 0.2) is 18.2 Å². The highest BCUT2D eigenvalue weighted by Gasteiger charge is 2.18. The van der Waals surface area contributed by atoms with Crippen LogP contribution < -0.4 is 10.4 Å². The van der Waals surface area contributed by atoms with Crippen LogP contribution in [0.25, 0.3) is 0 Å². The van der Waals surface area contributed by atoms with Crippen LogP contribution in [-0.2, 0) is 6.42 Å². The van der Waals surface area contributed by atoms with Gasteiger partial charge in [-0.15, -0.1) is 0 Å². The van der Waals surface area contributed by atoms with E-state index in [4.69, 9.17) is 0 Å². The van der Waals surface area contributed by atoms with E-state index in [1.54, 1.807) is 11.0 Å². The quantitative estimate of drug-likeness (QED) is 0.684. The summed E-state index contributed by atoms with van der Waals surface area (Å²) in [4.78, 5) is 2.57. The summed E-state index contributed by atoms with van der Waals surface area (Å²) in [5.74, 6) is 0. The molecule has 0 radical (unpaired) electrons. The van der Waals surface area contributed by atoms with Gasteiger partial charge in [-0.3, -0.25) is 0 Å². The average molecular weight is 215 g/mol. The molecule has 1 aliphatic heterocycles. The molecule has 0 spiro atoms. The molecule has 2 heteroatoms. The molecule has 1 aromatic carbocycles. The minimum absolute atomic E-state index is 0.615. The van der Waals surface area contributed by atoms with Gasteiger partial charge in [-0.2, -0.15) is 0 Å². The first-order valence-corrected chi connectivity index (χ1v) is 6.61. The molecular formula is C14H22BN. The molecule has 1 aromatic rings. The second-order valence-electron chi connectivity index (χ2n) is 5.01. The van der Waals surface area contributed by atoms with Crippen LogP contribution in [-0.4, -0.2) is 19.9 Å². The first-order chi connectivity index (χ1) is 7.74. The predicted octanol–water partition coefficient (Wildman–Crippen LogP) is 2.35. The fourth-order valence-electron chi connectivity index (χ4n) is 2.75. The van der Waals surface area contributed by atoms with Crippen molar-refractivity contribution >= 4 is 18.4 Å². The highest BCUT2D eigenvalue weighted by molar-refractivity contribution is 6.52. The van der Waals surface area contributed by atoms with Crippen LogP contribution in [0.1, 0.15) is 32.3 Å². The molecule has 0 amide bonds. The van der Waals surface area contributed by atoms with Gasteiger partial charge >= 0.3 is 0 Å². The summed E-state index contributed by atoms with van der Waals surface area (Å²) in [5.41, 5.74) is 4.65. The molecule has 1 nitrogen and oxygen atoms in total. The molecule has 0 unspecified atom stereocenters. The van der Waals surface area contributed by atoms with E-state index >= 15 is 0 Å². The van der Waals surface area contributed by atoms with Gasteiger partial charge in [0, 0.05) is 18.3 Å². The first kappa shape index (κ1) is 11.6. The third-order valence-electron chi connectivity index (χ3n) is 3.64. The number of fused-ring (bicyclic) bond motifs is 1. The Balaban J connectivity index is 2.45. The molecule has 0 aromatic heterocycles. The Labute approximate surface area is 100 Å². The first-order valence-electron chi connectivity index (χ1n) is 6.61. The van der Waals surface area contributed by atoms with Crippen LogP contribution >= 0.6 is 0 Å². The summed E-state index contributed by atoms with van der Waals surface area (Å²) in [6.07, 6.45) is 3.94. The highest BCUT2D eigenvalue weighted by Crippen LogP contribution is 2.26. The Morgan fingerprint density at radius 1 is 1.25 bits per heavy atom. The van der Waals surface area contributed by atoms with E-state index in [1.165, 1.54) is 31.5 Å². The monoisotopic (exact) mass is 215 g/mol. The Morgan fingerprint density at radius 2 is 2.06 bits per heavy atom. The van der Waals surface area contributed by atoms with Crippen molar-refractivity contribution in [2.45, 2.75) is 46.0 Å². The lowest BCUT2D eigenvalue weighted by atomic mass is 9.70. The standard InChI is InChI=1S/C14H22BN/c1-11(2)16-10-5-4-7-12-13(15-3)8-6-9-14(12)16/h6,8-9,11,15H,4-5,7,10H2,1-3H3. The lowest BCUT2D eigenvalue weighted by Crippen LogP contribution is -2.32. The maximum atomic E-state index is 2.57. The zero-order chi connectivity index (χ0) is 11.5. The summed E-state index contributed by atoms with van der Waals surface area (Å²) in [6.45, 7) is 8.08. The van der Waals surface area contributed by atoms with Crippen molar-refractivity contribution in [2.24, 2.45) is 0 Å². The third kappa shape index (κ3) is 2.11. The molecule has 0 saturated heterocycles. The second-order valence-corrected chi connectivity index (χ2v) is 5.01. The summed E-state index contributed by atoms with van der Waals surface area (Å²) < 4.78 is 0. The topological polar surface area (TPSA) is 3.24 Å². The van der Waals surface area contributed by atoms with Crippen LogP contribution in [0.5, 0.6) is 0 Å². The van der Waals surface area contributed by atoms with Gasteiger partial charge in [-0.25, -0.2) is 0 Å². The molecule has 0 atom stereocenters. The van der Waals surface area contributed by atoms with Crippen molar-refractivity contribution in [1.82, 2.24) is 0 Å². The minimum Gasteiger partial charge on any atom is -0.369 e. The maximum Gasteiger partial charge on any atom is 0.155 e. The van der Waals surface area contributed by atoms with Crippen molar-refractivity contribution < 1.29 is 0 Å². The average Bonchev–Trinajstić information content (AvgIpc) is 2.50. The zero-order valence-electron chi connectivity index (χ0n) is 10.8. The summed E-state index contributed by atoms with van der Waals surface area (Å²) in [6, 6.07) is 7.44. The van der Waals surface area contributed by atoms with Crippen molar-refractivity contribution in [3.8, 4) is 0 Å². The maximum absolute atomic E-state index is 2.57. The van der Waals surface area contributed by atoms with E-state index in [0.29, 0.717) is 6.04 Å². The summed E-state index contributed by atoms with van der Waals surface area (Å²) in [7, 11) is 1.16. The predicted molar refractivity (Wildman–Crippen MR) is 74.5 cm³/mol. The van der Waals surface area contributed by atoms with Crippen molar-refractivity contribution in [2.75, 3.05) is 11.4 Å². The lowest BCUT2D eigenvalue weighted by molar-refractivity contribution is 0.652. The fourth-order valence-corrected chi connectivity index (χ4v) is 2.75. The van der Waals surface area contributed by atoms with Gasteiger partial charge in [0.2, 0.25) is 0 Å². The van der Waals surface area contributed by atoms with Crippen molar-refractivity contribution in [1.29, 1.82) is 0 Å². The highest BCUT2D eigenvalue weighted by atomic mass is 15.2. The number of benzene rings is 1. The SMILES string of the molecule is CBc1cccc2c1CCCCN2C(C)C. The van der Waals surface area contributed by atoms with E-state index in [0.717, 1.165) is 7.28 Å². The molecule has 86 valence electrons. The Hall–Kier alpha value is -0.915. The largest absolute Gasteiger partial charge is 0.369 e. The fraction of sp³-hybridized carbons (Fsp3) is 0.571. The van der Waals surface area contributed by atoms with Gasteiger partial charge in [-0.05, 0) is 44.7 Å². The second kappa shape index (κ2) is 4.94. The molecular weight excluding hydrogens is 193 g/mol. The number of hydrogen-bond acceptors (Lipinski definition) is 1. The van der Waals surface area contributed by atoms with Crippen LogP contribution in [0.2, 0.25) is 6.82 Å². The van der Waals surface area contributed by atoms with E-state index < -0.39 is 0 Å². The number of anilines is 1. The smallest absolute Gasteiger partial charge is 0.155 e. The summed E-state index contributed by atoms with van der Waals surface area (Å²) >= 11 is 0. The molecule has 0 N–H and O–H groups in total. The molecule has 0 saturated carbocycles. The Bertz CT molecular complexity index is 360. The van der Waals surface area contributed by atoms with E-state index in [-0.39, 0.29) is 0 Å². The number of rotatable bonds is 2. The normalized spacial score (nSPS) is 15.9. The van der Waals surface area contributed by atoms with Gasteiger partial charge in [0.05, 0.1) is 0 Å². The lowest BCUT2D eigenvalue weighted by Gasteiger charge is -2.29. The Kier molecular flexibility index (Phi) is 3.57. The van der Waals surface area contributed by atoms with Gasteiger partial charge in [0.15, 0.2) is 7.28 Å². The number of nitrogens with zero attached hydrogens (tertiary/aromatic N) is 1. The van der Waals surface area contributed by atoms with Crippen LogP contribution in [0, 0.1) is 0 Å². The molecule has 0 bridgehead atoms. The molecule has 0 aliphatic carbocycles. The van der Waals surface area contributed by atoms with Crippen molar-refractivity contribution in [3.63, 3.8) is 0 Å². The molecule has 1 aliphatic rings. The van der Waals surface area contributed by atoms with Crippen LogP contribution in [0.3, 0.4) is 0 Å². The summed E-state index contributed by atoms with van der Waals surface area (Å²) in [5, 5.41) is 0. The van der Waals surface area contributed by atoms with E-state index in [1.807, 2.05) is 0 Å². The van der Waals surface area contributed by atoms with Gasteiger partial charge < -0.3 is 4.90 Å². The molecule has 0 fully saturated rings. The molecule has 16 heavy (non-hydrogen) atoms. The van der Waals surface area contributed by atoms with Gasteiger partial charge in [0.25, 0.3) is 0 Å². The molecule has 2 rings (SSSR count). The van der Waals surface area contributed by atoms with Crippen LogP contribution in [0.4, 0.5) is 5.69 Å².